The molecule has 2 aromatic heterocycles. The smallest absolute Gasteiger partial charge is 0.243 e. The Morgan fingerprint density at radius 2 is 1.59 bits per heavy atom. The molecule has 0 radical (unpaired) electrons. The molecule has 164 valence electrons. The van der Waals surface area contributed by atoms with Crippen LogP contribution in [0.2, 0.25) is 0 Å². The molecule has 0 atom stereocenters. The van der Waals surface area contributed by atoms with Crippen molar-refractivity contribution in [3.63, 3.8) is 0 Å². The van der Waals surface area contributed by atoms with Crippen LogP contribution in [0.5, 0.6) is 0 Å². The van der Waals surface area contributed by atoms with Crippen molar-refractivity contribution < 1.29 is 8.42 Å². The first kappa shape index (κ1) is 20.8. The normalized spacial score (nSPS) is 15.9. The van der Waals surface area contributed by atoms with Crippen LogP contribution in [-0.4, -0.2) is 58.3 Å². The molecule has 7 nitrogen and oxygen atoms in total. The summed E-state index contributed by atoms with van der Waals surface area (Å²) in [4.78, 5) is 12.0. The molecular formula is C24H25N5O2S. The summed E-state index contributed by atoms with van der Waals surface area (Å²) in [5, 5.41) is 0. The maximum absolute atomic E-state index is 12.9. The van der Waals surface area contributed by atoms with E-state index < -0.39 is 10.0 Å². The molecule has 0 unspecified atom stereocenters. The third kappa shape index (κ3) is 3.92. The fraction of sp³-hybridized carbons (Fsp3) is 0.250. The zero-order valence-electron chi connectivity index (χ0n) is 17.9. The van der Waals surface area contributed by atoms with Crippen LogP contribution in [0.1, 0.15) is 11.4 Å². The van der Waals surface area contributed by atoms with E-state index in [1.54, 1.807) is 34.8 Å². The Balaban J connectivity index is 1.37. The second-order valence-corrected chi connectivity index (χ2v) is 9.98. The molecule has 5 rings (SSSR count). The molecular weight excluding hydrogens is 422 g/mol. The molecule has 4 aromatic rings. The van der Waals surface area contributed by atoms with Gasteiger partial charge in [-0.2, -0.15) is 4.31 Å². The number of benzene rings is 2. The molecule has 3 heterocycles. The number of fused-ring (bicyclic) bond motifs is 1. The Morgan fingerprint density at radius 3 is 2.31 bits per heavy atom. The number of piperazine rings is 1. The quantitative estimate of drug-likeness (QED) is 0.470. The molecule has 0 amide bonds. The minimum Gasteiger partial charge on any atom is -0.293 e. The zero-order chi connectivity index (χ0) is 22.1. The number of aryl methyl sites for hydroxylation is 1. The van der Waals surface area contributed by atoms with Crippen molar-refractivity contribution in [2.75, 3.05) is 26.2 Å². The van der Waals surface area contributed by atoms with Gasteiger partial charge >= 0.3 is 0 Å². The second kappa shape index (κ2) is 8.46. The van der Waals surface area contributed by atoms with Gasteiger partial charge in [0.2, 0.25) is 10.0 Å². The number of sulfonamides is 1. The van der Waals surface area contributed by atoms with Crippen molar-refractivity contribution in [3.05, 3.63) is 84.3 Å². The highest BCUT2D eigenvalue weighted by atomic mass is 32.2. The van der Waals surface area contributed by atoms with Gasteiger partial charge in [0.05, 0.1) is 11.4 Å². The molecule has 0 bridgehead atoms. The first-order valence-corrected chi connectivity index (χ1v) is 12.1. The van der Waals surface area contributed by atoms with Gasteiger partial charge in [0.1, 0.15) is 11.3 Å². The monoisotopic (exact) mass is 447 g/mol. The number of hydrogen-bond acceptors (Lipinski definition) is 5. The van der Waals surface area contributed by atoms with Crippen molar-refractivity contribution in [1.82, 2.24) is 23.7 Å². The molecule has 1 saturated heterocycles. The lowest BCUT2D eigenvalue weighted by molar-refractivity contribution is 0.177. The van der Waals surface area contributed by atoms with E-state index in [2.05, 4.69) is 45.6 Å². The number of aromatic nitrogens is 3. The van der Waals surface area contributed by atoms with Crippen molar-refractivity contribution in [2.24, 2.45) is 0 Å². The molecule has 2 aromatic carbocycles. The average Bonchev–Trinajstić information content (AvgIpc) is 3.18. The van der Waals surface area contributed by atoms with Crippen molar-refractivity contribution in [3.8, 4) is 5.69 Å². The van der Waals surface area contributed by atoms with Gasteiger partial charge in [-0.15, -0.1) is 0 Å². The first-order chi connectivity index (χ1) is 15.5. The fourth-order valence-corrected chi connectivity index (χ4v) is 5.54. The molecule has 1 aliphatic heterocycles. The van der Waals surface area contributed by atoms with E-state index in [0.29, 0.717) is 37.6 Å². The summed E-state index contributed by atoms with van der Waals surface area (Å²) in [5.41, 5.74) is 3.91. The zero-order valence-corrected chi connectivity index (χ0v) is 18.7. The van der Waals surface area contributed by atoms with Gasteiger partial charge in [-0.25, -0.2) is 18.4 Å². The SMILES string of the molecule is Cc1ccc(-n2c(CN3CCN(S(=O)(=O)c4ccccc4)CC3)nc3cccnc32)cc1. The molecule has 8 heteroatoms. The largest absolute Gasteiger partial charge is 0.293 e. The van der Waals surface area contributed by atoms with E-state index in [9.17, 15) is 8.42 Å². The van der Waals surface area contributed by atoms with E-state index >= 15 is 0 Å². The molecule has 0 N–H and O–H groups in total. The molecule has 1 fully saturated rings. The summed E-state index contributed by atoms with van der Waals surface area (Å²) < 4.78 is 29.5. The van der Waals surface area contributed by atoms with Gasteiger partial charge in [-0.1, -0.05) is 35.9 Å². The lowest BCUT2D eigenvalue weighted by atomic mass is 10.2. The predicted molar refractivity (Wildman–Crippen MR) is 124 cm³/mol. The van der Waals surface area contributed by atoms with Gasteiger partial charge in [0, 0.05) is 38.1 Å². The van der Waals surface area contributed by atoms with Crippen molar-refractivity contribution >= 4 is 21.2 Å². The summed E-state index contributed by atoms with van der Waals surface area (Å²) in [6.07, 6.45) is 1.78. The number of pyridine rings is 1. The summed E-state index contributed by atoms with van der Waals surface area (Å²) >= 11 is 0. The Labute approximate surface area is 188 Å². The number of hydrogen-bond donors (Lipinski definition) is 0. The standard InChI is InChI=1S/C24H25N5O2S/c1-19-9-11-20(12-10-19)29-23(26-22-8-5-13-25-24(22)29)18-27-14-16-28(17-15-27)32(30,31)21-6-3-2-4-7-21/h2-13H,14-18H2,1H3. The molecule has 0 spiro atoms. The molecule has 0 aliphatic carbocycles. The third-order valence-electron chi connectivity index (χ3n) is 5.85. The minimum atomic E-state index is -3.46. The van der Waals surface area contributed by atoms with Crippen LogP contribution in [-0.2, 0) is 16.6 Å². The van der Waals surface area contributed by atoms with Crippen LogP contribution in [0.15, 0.2) is 77.8 Å². The average molecular weight is 448 g/mol. The highest BCUT2D eigenvalue weighted by Gasteiger charge is 2.29. The lowest BCUT2D eigenvalue weighted by Gasteiger charge is -2.33. The van der Waals surface area contributed by atoms with Crippen LogP contribution >= 0.6 is 0 Å². The predicted octanol–water partition coefficient (Wildman–Crippen LogP) is 3.24. The Morgan fingerprint density at radius 1 is 0.875 bits per heavy atom. The van der Waals surface area contributed by atoms with E-state index in [-0.39, 0.29) is 0 Å². The van der Waals surface area contributed by atoms with E-state index in [1.807, 2.05) is 18.2 Å². The number of nitrogens with zero attached hydrogens (tertiary/aromatic N) is 5. The van der Waals surface area contributed by atoms with Gasteiger partial charge in [0.25, 0.3) is 0 Å². The first-order valence-electron chi connectivity index (χ1n) is 10.7. The summed E-state index contributed by atoms with van der Waals surface area (Å²) in [6.45, 7) is 4.91. The third-order valence-corrected chi connectivity index (χ3v) is 7.77. The minimum absolute atomic E-state index is 0.348. The lowest BCUT2D eigenvalue weighted by Crippen LogP contribution is -2.48. The van der Waals surface area contributed by atoms with Crippen molar-refractivity contribution in [2.45, 2.75) is 18.4 Å². The Kier molecular flexibility index (Phi) is 5.50. The van der Waals surface area contributed by atoms with Gasteiger partial charge in [-0.3, -0.25) is 9.47 Å². The number of rotatable bonds is 5. The summed E-state index contributed by atoms with van der Waals surface area (Å²) in [5.74, 6) is 0.905. The van der Waals surface area contributed by atoms with E-state index in [4.69, 9.17) is 4.98 Å². The Bertz CT molecular complexity index is 1330. The molecule has 32 heavy (non-hydrogen) atoms. The van der Waals surface area contributed by atoms with Crippen LogP contribution in [0.25, 0.3) is 16.9 Å². The van der Waals surface area contributed by atoms with Crippen molar-refractivity contribution in [1.29, 1.82) is 0 Å². The topological polar surface area (TPSA) is 71.3 Å². The van der Waals surface area contributed by atoms with Crippen LogP contribution in [0, 0.1) is 6.92 Å². The van der Waals surface area contributed by atoms with Crippen LogP contribution < -0.4 is 0 Å². The molecule has 1 aliphatic rings. The highest BCUT2D eigenvalue weighted by molar-refractivity contribution is 7.89. The highest BCUT2D eigenvalue weighted by Crippen LogP contribution is 2.23. The maximum atomic E-state index is 12.9. The number of imidazole rings is 1. The Hall–Kier alpha value is -3.07. The van der Waals surface area contributed by atoms with E-state index in [0.717, 1.165) is 22.7 Å². The fourth-order valence-electron chi connectivity index (χ4n) is 4.10. The van der Waals surface area contributed by atoms with Crippen LogP contribution in [0.4, 0.5) is 0 Å². The second-order valence-electron chi connectivity index (χ2n) is 8.04. The molecule has 0 saturated carbocycles. The van der Waals surface area contributed by atoms with Crippen LogP contribution in [0.3, 0.4) is 0 Å². The van der Waals surface area contributed by atoms with E-state index in [1.165, 1.54) is 5.56 Å². The summed E-state index contributed by atoms with van der Waals surface area (Å²) in [7, 11) is -3.46. The summed E-state index contributed by atoms with van der Waals surface area (Å²) in [6, 6.07) is 20.8. The maximum Gasteiger partial charge on any atom is 0.243 e. The van der Waals surface area contributed by atoms with Gasteiger partial charge in [0.15, 0.2) is 5.65 Å². The van der Waals surface area contributed by atoms with Gasteiger partial charge < -0.3 is 0 Å². The van der Waals surface area contributed by atoms with Gasteiger partial charge in [-0.05, 0) is 43.3 Å².